The molecule has 0 aliphatic carbocycles. The molecule has 2 fully saturated rings. The van der Waals surface area contributed by atoms with Gasteiger partial charge in [-0.3, -0.25) is 10.1 Å². The average molecular weight is 290 g/mol. The highest BCUT2D eigenvalue weighted by Crippen LogP contribution is 2.27. The van der Waals surface area contributed by atoms with Crippen LogP contribution in [-0.2, 0) is 9.53 Å². The maximum absolute atomic E-state index is 12.2. The molecule has 0 bridgehead atoms. The summed E-state index contributed by atoms with van der Waals surface area (Å²) in [6, 6.07) is 7.89. The first-order valence-corrected chi connectivity index (χ1v) is 7.52. The fourth-order valence-electron chi connectivity index (χ4n) is 3.09. The molecule has 2 atom stereocenters. The minimum atomic E-state index is -0.0606. The third-order valence-electron chi connectivity index (χ3n) is 4.20. The molecule has 5 heteroatoms. The van der Waals surface area contributed by atoms with E-state index in [1.54, 1.807) is 7.11 Å². The van der Waals surface area contributed by atoms with Crippen LogP contribution in [0.15, 0.2) is 24.3 Å². The van der Waals surface area contributed by atoms with E-state index in [1.807, 2.05) is 29.2 Å². The summed E-state index contributed by atoms with van der Waals surface area (Å²) in [5, 5.41) is 3.29. The molecule has 2 saturated heterocycles. The van der Waals surface area contributed by atoms with E-state index in [9.17, 15) is 4.79 Å². The molecule has 3 rings (SSSR count). The summed E-state index contributed by atoms with van der Waals surface area (Å²) in [7, 11) is 1.66. The zero-order valence-electron chi connectivity index (χ0n) is 12.4. The van der Waals surface area contributed by atoms with Gasteiger partial charge in [-0.2, -0.15) is 0 Å². The van der Waals surface area contributed by atoms with E-state index in [0.717, 1.165) is 43.9 Å². The summed E-state index contributed by atoms with van der Waals surface area (Å²) < 4.78 is 10.8. The largest absolute Gasteiger partial charge is 0.497 e. The maximum Gasteiger partial charge on any atom is 0.238 e. The third-order valence-corrected chi connectivity index (χ3v) is 4.20. The molecule has 0 saturated carbocycles. The van der Waals surface area contributed by atoms with Crippen molar-refractivity contribution in [2.45, 2.75) is 19.0 Å². The predicted octanol–water partition coefficient (Wildman–Crippen LogP) is 1.55. The van der Waals surface area contributed by atoms with Crippen molar-refractivity contribution in [2.24, 2.45) is 5.92 Å². The highest BCUT2D eigenvalue weighted by molar-refractivity contribution is 5.81. The fourth-order valence-corrected chi connectivity index (χ4v) is 3.09. The van der Waals surface area contributed by atoms with Crippen LogP contribution in [0, 0.1) is 5.92 Å². The maximum atomic E-state index is 12.2. The first kappa shape index (κ1) is 14.4. The van der Waals surface area contributed by atoms with Crippen LogP contribution < -0.4 is 10.1 Å². The van der Waals surface area contributed by atoms with Crippen molar-refractivity contribution in [3.63, 3.8) is 0 Å². The second kappa shape index (κ2) is 6.45. The minimum absolute atomic E-state index is 0.0606. The van der Waals surface area contributed by atoms with Crippen molar-refractivity contribution in [1.29, 1.82) is 0 Å². The van der Waals surface area contributed by atoms with Gasteiger partial charge < -0.3 is 14.4 Å². The summed E-state index contributed by atoms with van der Waals surface area (Å²) in [6.45, 7) is 2.76. The van der Waals surface area contributed by atoms with Crippen LogP contribution in [0.2, 0.25) is 0 Å². The molecule has 2 aliphatic heterocycles. The Morgan fingerprint density at radius 3 is 3.14 bits per heavy atom. The van der Waals surface area contributed by atoms with Crippen LogP contribution in [0.25, 0.3) is 0 Å². The summed E-state index contributed by atoms with van der Waals surface area (Å²) in [6.07, 6.45) is 2.16. The van der Waals surface area contributed by atoms with Crippen molar-refractivity contribution in [3.05, 3.63) is 29.8 Å². The molecule has 5 nitrogen and oxygen atoms in total. The molecule has 1 aromatic carbocycles. The van der Waals surface area contributed by atoms with Gasteiger partial charge in [0.1, 0.15) is 11.9 Å². The van der Waals surface area contributed by atoms with Crippen LogP contribution in [0.1, 0.15) is 24.6 Å². The fraction of sp³-hybridized carbons (Fsp3) is 0.562. The second-order valence-electron chi connectivity index (χ2n) is 5.69. The zero-order valence-corrected chi connectivity index (χ0v) is 12.4. The van der Waals surface area contributed by atoms with Crippen LogP contribution in [-0.4, -0.2) is 44.2 Å². The average Bonchev–Trinajstić information content (AvgIpc) is 2.89. The van der Waals surface area contributed by atoms with Gasteiger partial charge in [0.15, 0.2) is 0 Å². The van der Waals surface area contributed by atoms with E-state index in [2.05, 4.69) is 5.32 Å². The van der Waals surface area contributed by atoms with Crippen molar-refractivity contribution < 1.29 is 14.3 Å². The second-order valence-corrected chi connectivity index (χ2v) is 5.69. The molecule has 1 N–H and O–H groups in total. The number of hydrogen-bond acceptors (Lipinski definition) is 4. The Morgan fingerprint density at radius 2 is 2.38 bits per heavy atom. The normalized spacial score (nSPS) is 26.1. The van der Waals surface area contributed by atoms with Crippen molar-refractivity contribution in [2.75, 3.05) is 33.4 Å². The molecule has 2 heterocycles. The van der Waals surface area contributed by atoms with Gasteiger partial charge in [0.05, 0.1) is 20.3 Å². The smallest absolute Gasteiger partial charge is 0.238 e. The van der Waals surface area contributed by atoms with Gasteiger partial charge in [0.2, 0.25) is 5.91 Å². The Labute approximate surface area is 125 Å². The SMILES string of the molecule is COc1cccc(C2NCC(=O)N2CC2CCCOC2)c1. The zero-order chi connectivity index (χ0) is 14.7. The highest BCUT2D eigenvalue weighted by atomic mass is 16.5. The predicted molar refractivity (Wildman–Crippen MR) is 79.0 cm³/mol. The molecule has 0 radical (unpaired) electrons. The van der Waals surface area contributed by atoms with E-state index in [4.69, 9.17) is 9.47 Å². The number of methoxy groups -OCH3 is 1. The molecule has 0 spiro atoms. The number of rotatable bonds is 4. The Morgan fingerprint density at radius 1 is 1.48 bits per heavy atom. The molecule has 1 aromatic rings. The van der Waals surface area contributed by atoms with Gasteiger partial charge in [-0.05, 0) is 30.5 Å². The number of carbonyl (C=O) groups excluding carboxylic acids is 1. The van der Waals surface area contributed by atoms with Crippen molar-refractivity contribution in [3.8, 4) is 5.75 Å². The first-order chi connectivity index (χ1) is 10.3. The van der Waals surface area contributed by atoms with Crippen LogP contribution >= 0.6 is 0 Å². The Balaban J connectivity index is 1.74. The molecular formula is C16H22N2O3. The number of amides is 1. The molecule has 2 unspecified atom stereocenters. The van der Waals surface area contributed by atoms with Crippen molar-refractivity contribution >= 4 is 5.91 Å². The monoisotopic (exact) mass is 290 g/mol. The van der Waals surface area contributed by atoms with Gasteiger partial charge in [-0.1, -0.05) is 12.1 Å². The molecule has 114 valence electrons. The highest BCUT2D eigenvalue weighted by Gasteiger charge is 2.33. The van der Waals surface area contributed by atoms with Crippen LogP contribution in [0.5, 0.6) is 5.75 Å². The summed E-state index contributed by atoms with van der Waals surface area (Å²) in [5.74, 6) is 1.42. The van der Waals surface area contributed by atoms with Gasteiger partial charge in [0, 0.05) is 19.1 Å². The lowest BCUT2D eigenvalue weighted by Gasteiger charge is -2.31. The quantitative estimate of drug-likeness (QED) is 0.914. The number of carbonyl (C=O) groups is 1. The van der Waals surface area contributed by atoms with E-state index in [0.29, 0.717) is 12.5 Å². The van der Waals surface area contributed by atoms with Gasteiger partial charge >= 0.3 is 0 Å². The summed E-state index contributed by atoms with van der Waals surface area (Å²) in [4.78, 5) is 14.1. The molecule has 21 heavy (non-hydrogen) atoms. The third kappa shape index (κ3) is 3.19. The van der Waals surface area contributed by atoms with Crippen LogP contribution in [0.3, 0.4) is 0 Å². The number of ether oxygens (including phenoxy) is 2. The summed E-state index contributed by atoms with van der Waals surface area (Å²) >= 11 is 0. The van der Waals surface area contributed by atoms with E-state index in [1.165, 1.54) is 0 Å². The molecule has 1 amide bonds. The molecule has 2 aliphatic rings. The van der Waals surface area contributed by atoms with E-state index < -0.39 is 0 Å². The minimum Gasteiger partial charge on any atom is -0.497 e. The Hall–Kier alpha value is -1.59. The first-order valence-electron chi connectivity index (χ1n) is 7.52. The topological polar surface area (TPSA) is 50.8 Å². The lowest BCUT2D eigenvalue weighted by atomic mass is 10.0. The standard InChI is InChI=1S/C16H22N2O3/c1-20-14-6-2-5-13(8-14)16-17-9-15(19)18(16)10-12-4-3-7-21-11-12/h2,5-6,8,12,16-17H,3-4,7,9-11H2,1H3. The van der Waals surface area contributed by atoms with Crippen LogP contribution in [0.4, 0.5) is 0 Å². The molecular weight excluding hydrogens is 268 g/mol. The van der Waals surface area contributed by atoms with E-state index >= 15 is 0 Å². The van der Waals surface area contributed by atoms with Crippen molar-refractivity contribution in [1.82, 2.24) is 10.2 Å². The number of benzene rings is 1. The lowest BCUT2D eigenvalue weighted by molar-refractivity contribution is -0.129. The lowest BCUT2D eigenvalue weighted by Crippen LogP contribution is -2.37. The number of hydrogen-bond donors (Lipinski definition) is 1. The Bertz CT molecular complexity index is 500. The van der Waals surface area contributed by atoms with Gasteiger partial charge in [-0.15, -0.1) is 0 Å². The van der Waals surface area contributed by atoms with Gasteiger partial charge in [-0.25, -0.2) is 0 Å². The number of nitrogens with zero attached hydrogens (tertiary/aromatic N) is 1. The number of nitrogens with one attached hydrogen (secondary N) is 1. The summed E-state index contributed by atoms with van der Waals surface area (Å²) in [5.41, 5.74) is 1.07. The van der Waals surface area contributed by atoms with E-state index in [-0.39, 0.29) is 12.1 Å². The van der Waals surface area contributed by atoms with Gasteiger partial charge in [0.25, 0.3) is 0 Å². The molecule has 0 aromatic heterocycles. The Kier molecular flexibility index (Phi) is 4.41.